The maximum atomic E-state index is 11.2. The lowest BCUT2D eigenvalue weighted by atomic mass is 9.97. The van der Waals surface area contributed by atoms with Crippen LogP contribution in [0.3, 0.4) is 0 Å². The molecular weight excluding hydrogens is 410 g/mol. The van der Waals surface area contributed by atoms with Crippen LogP contribution in [-0.2, 0) is 37.2 Å². The molecule has 2 heterocycles. The topological polar surface area (TPSA) is 75.1 Å². The van der Waals surface area contributed by atoms with E-state index in [1.54, 1.807) is 0 Å². The van der Waals surface area contributed by atoms with Crippen molar-refractivity contribution in [1.29, 1.82) is 0 Å². The SMILES string of the molecule is CC(=O)NCc1ccc(CC2C(Cc3ncccc3C)C2Cc2ncccc2C)c(CO)c1. The highest BCUT2D eigenvalue weighted by molar-refractivity contribution is 5.72. The van der Waals surface area contributed by atoms with Gasteiger partial charge in [0.1, 0.15) is 0 Å². The van der Waals surface area contributed by atoms with Gasteiger partial charge >= 0.3 is 0 Å². The van der Waals surface area contributed by atoms with E-state index in [2.05, 4.69) is 53.4 Å². The van der Waals surface area contributed by atoms with Crippen LogP contribution in [0.2, 0.25) is 0 Å². The molecule has 0 aliphatic heterocycles. The molecule has 4 rings (SSSR count). The van der Waals surface area contributed by atoms with Gasteiger partial charge in [-0.05, 0) is 90.8 Å². The summed E-state index contributed by atoms with van der Waals surface area (Å²) in [7, 11) is 0. The van der Waals surface area contributed by atoms with E-state index in [1.807, 2.05) is 30.6 Å². The van der Waals surface area contributed by atoms with E-state index >= 15 is 0 Å². The smallest absolute Gasteiger partial charge is 0.217 e. The van der Waals surface area contributed by atoms with Crippen molar-refractivity contribution in [2.45, 2.75) is 53.2 Å². The minimum Gasteiger partial charge on any atom is -0.392 e. The highest BCUT2D eigenvalue weighted by Gasteiger charge is 2.49. The Kier molecular flexibility index (Phi) is 7.19. The number of nitrogens with one attached hydrogen (secondary N) is 1. The molecule has 1 amide bonds. The van der Waals surface area contributed by atoms with Crippen LogP contribution in [0.4, 0.5) is 0 Å². The standard InChI is InChI=1S/C28H33N3O2/c1-18-6-4-10-29-27(18)14-25-24(26(25)15-28-19(2)7-5-11-30-28)13-22-9-8-21(12-23(22)17-32)16-31-20(3)33/h4-12,24-26,32H,13-17H2,1-3H3,(H,31,33). The Morgan fingerprint density at radius 3 is 1.97 bits per heavy atom. The van der Waals surface area contributed by atoms with Crippen LogP contribution < -0.4 is 5.32 Å². The third kappa shape index (κ3) is 5.66. The zero-order valence-electron chi connectivity index (χ0n) is 19.7. The number of amides is 1. The van der Waals surface area contributed by atoms with Gasteiger partial charge in [0, 0.05) is 37.3 Å². The molecule has 5 heteroatoms. The number of nitrogens with zero attached hydrogens (tertiary/aromatic N) is 2. The number of hydrogen-bond acceptors (Lipinski definition) is 4. The maximum Gasteiger partial charge on any atom is 0.217 e. The predicted molar refractivity (Wildman–Crippen MR) is 129 cm³/mol. The third-order valence-corrected chi connectivity index (χ3v) is 7.04. The van der Waals surface area contributed by atoms with Crippen LogP contribution in [0.15, 0.2) is 54.9 Å². The molecule has 1 aromatic carbocycles. The Morgan fingerprint density at radius 2 is 1.45 bits per heavy atom. The van der Waals surface area contributed by atoms with Crippen molar-refractivity contribution < 1.29 is 9.90 Å². The zero-order chi connectivity index (χ0) is 23.4. The lowest BCUT2D eigenvalue weighted by Gasteiger charge is -2.11. The largest absolute Gasteiger partial charge is 0.392 e. The molecule has 1 saturated carbocycles. The van der Waals surface area contributed by atoms with E-state index in [0.29, 0.717) is 24.3 Å². The molecule has 2 atom stereocenters. The minimum absolute atomic E-state index is 0.00396. The summed E-state index contributed by atoms with van der Waals surface area (Å²) in [6, 6.07) is 14.5. The monoisotopic (exact) mass is 443 g/mol. The van der Waals surface area contributed by atoms with E-state index < -0.39 is 0 Å². The van der Waals surface area contributed by atoms with Crippen LogP contribution >= 0.6 is 0 Å². The lowest BCUT2D eigenvalue weighted by molar-refractivity contribution is -0.119. The molecule has 0 bridgehead atoms. The summed E-state index contributed by atoms with van der Waals surface area (Å²) in [4.78, 5) is 20.5. The van der Waals surface area contributed by atoms with Crippen LogP contribution in [0.25, 0.3) is 0 Å². The summed E-state index contributed by atoms with van der Waals surface area (Å²) in [5.41, 5.74) is 8.00. The lowest BCUT2D eigenvalue weighted by Crippen LogP contribution is -2.19. The Morgan fingerprint density at radius 1 is 0.879 bits per heavy atom. The van der Waals surface area contributed by atoms with Gasteiger partial charge < -0.3 is 10.4 Å². The van der Waals surface area contributed by atoms with Gasteiger partial charge in [-0.2, -0.15) is 0 Å². The second-order valence-corrected chi connectivity index (χ2v) is 9.31. The Hall–Kier alpha value is -3.05. The molecule has 0 spiro atoms. The quantitative estimate of drug-likeness (QED) is 0.522. The molecule has 172 valence electrons. The van der Waals surface area contributed by atoms with Crippen molar-refractivity contribution in [3.63, 3.8) is 0 Å². The molecule has 1 aliphatic carbocycles. The number of carbonyl (C=O) groups is 1. The highest BCUT2D eigenvalue weighted by Crippen LogP contribution is 2.52. The molecule has 33 heavy (non-hydrogen) atoms. The molecule has 1 fully saturated rings. The summed E-state index contributed by atoms with van der Waals surface area (Å²) >= 11 is 0. The van der Waals surface area contributed by atoms with E-state index in [9.17, 15) is 9.90 Å². The summed E-state index contributed by atoms with van der Waals surface area (Å²) in [6.07, 6.45) is 6.65. The van der Waals surface area contributed by atoms with Gasteiger partial charge in [0.2, 0.25) is 5.91 Å². The van der Waals surface area contributed by atoms with Gasteiger partial charge in [0.15, 0.2) is 0 Å². The van der Waals surface area contributed by atoms with Crippen molar-refractivity contribution in [2.75, 3.05) is 0 Å². The first-order valence-corrected chi connectivity index (χ1v) is 11.7. The number of aromatic nitrogens is 2. The predicted octanol–water partition coefficient (Wildman–Crippen LogP) is 4.11. The fraction of sp³-hybridized carbons (Fsp3) is 0.393. The fourth-order valence-electron chi connectivity index (χ4n) is 4.96. The maximum absolute atomic E-state index is 11.2. The number of hydrogen-bond donors (Lipinski definition) is 2. The van der Waals surface area contributed by atoms with Crippen LogP contribution in [0, 0.1) is 31.6 Å². The highest BCUT2D eigenvalue weighted by atomic mass is 16.3. The Bertz CT molecular complexity index is 1070. The van der Waals surface area contributed by atoms with E-state index in [-0.39, 0.29) is 12.5 Å². The van der Waals surface area contributed by atoms with Gasteiger partial charge in [-0.25, -0.2) is 0 Å². The van der Waals surface area contributed by atoms with E-state index in [1.165, 1.54) is 35.0 Å². The van der Waals surface area contributed by atoms with Crippen molar-refractivity contribution >= 4 is 5.91 Å². The fourth-order valence-corrected chi connectivity index (χ4v) is 4.96. The van der Waals surface area contributed by atoms with Crippen molar-refractivity contribution in [2.24, 2.45) is 17.8 Å². The number of pyridine rings is 2. The zero-order valence-corrected chi connectivity index (χ0v) is 19.7. The van der Waals surface area contributed by atoms with Crippen molar-refractivity contribution in [1.82, 2.24) is 15.3 Å². The number of aliphatic hydroxyl groups excluding tert-OH is 1. The molecule has 2 N–H and O–H groups in total. The summed E-state index contributed by atoms with van der Waals surface area (Å²) < 4.78 is 0. The molecule has 2 unspecified atom stereocenters. The number of aryl methyl sites for hydroxylation is 2. The number of benzene rings is 1. The van der Waals surface area contributed by atoms with Gasteiger partial charge in [0.25, 0.3) is 0 Å². The number of aliphatic hydroxyl groups is 1. The Labute approximate surface area is 196 Å². The first-order chi connectivity index (χ1) is 16.0. The summed E-state index contributed by atoms with van der Waals surface area (Å²) in [6.45, 7) is 6.27. The second-order valence-electron chi connectivity index (χ2n) is 9.31. The molecule has 0 saturated heterocycles. The Balaban J connectivity index is 1.53. The molecular formula is C28H33N3O2. The number of rotatable bonds is 9. The molecule has 2 aromatic heterocycles. The normalized spacial score (nSPS) is 19.3. The average Bonchev–Trinajstić information content (AvgIpc) is 3.45. The third-order valence-electron chi connectivity index (χ3n) is 7.04. The van der Waals surface area contributed by atoms with Gasteiger partial charge in [-0.3, -0.25) is 14.8 Å². The second kappa shape index (κ2) is 10.3. The molecule has 0 radical (unpaired) electrons. The minimum atomic E-state index is -0.0529. The van der Waals surface area contributed by atoms with Gasteiger partial charge in [-0.15, -0.1) is 0 Å². The van der Waals surface area contributed by atoms with Crippen LogP contribution in [0.5, 0.6) is 0 Å². The summed E-state index contributed by atoms with van der Waals surface area (Å²) in [5.74, 6) is 1.57. The molecule has 3 aromatic rings. The van der Waals surface area contributed by atoms with Crippen molar-refractivity contribution in [3.05, 3.63) is 94.1 Å². The van der Waals surface area contributed by atoms with Crippen LogP contribution in [0.1, 0.15) is 46.1 Å². The number of carbonyl (C=O) groups excluding carboxylic acids is 1. The molecule has 1 aliphatic rings. The first kappa shape index (κ1) is 23.1. The molecule has 5 nitrogen and oxygen atoms in total. The average molecular weight is 444 g/mol. The van der Waals surface area contributed by atoms with Crippen molar-refractivity contribution in [3.8, 4) is 0 Å². The first-order valence-electron chi connectivity index (χ1n) is 11.7. The summed E-state index contributed by atoms with van der Waals surface area (Å²) in [5, 5.41) is 12.9. The van der Waals surface area contributed by atoms with E-state index in [0.717, 1.165) is 30.4 Å². The van der Waals surface area contributed by atoms with Gasteiger partial charge in [0.05, 0.1) is 6.61 Å². The van der Waals surface area contributed by atoms with Crippen LogP contribution in [-0.4, -0.2) is 21.0 Å². The van der Waals surface area contributed by atoms with E-state index in [4.69, 9.17) is 0 Å². The van der Waals surface area contributed by atoms with Gasteiger partial charge in [-0.1, -0.05) is 30.3 Å².